The molecule has 0 bridgehead atoms. The van der Waals surface area contributed by atoms with E-state index in [0.717, 1.165) is 30.9 Å². The van der Waals surface area contributed by atoms with Gasteiger partial charge in [0.1, 0.15) is 5.65 Å². The van der Waals surface area contributed by atoms with Crippen molar-refractivity contribution >= 4 is 17.2 Å². The van der Waals surface area contributed by atoms with Crippen molar-refractivity contribution in [2.75, 3.05) is 13.6 Å². The summed E-state index contributed by atoms with van der Waals surface area (Å²) in [6.45, 7) is 3.43. The molecule has 4 nitrogen and oxygen atoms in total. The van der Waals surface area contributed by atoms with E-state index in [4.69, 9.17) is 11.6 Å². The minimum Gasteiger partial charge on any atom is -0.393 e. The fourth-order valence-electron chi connectivity index (χ4n) is 1.86. The molecule has 0 aliphatic carbocycles. The number of pyridine rings is 1. The van der Waals surface area contributed by atoms with Gasteiger partial charge in [0.05, 0.1) is 16.8 Å². The largest absolute Gasteiger partial charge is 0.393 e. The Balaban J connectivity index is 2.03. The van der Waals surface area contributed by atoms with Gasteiger partial charge >= 0.3 is 0 Å². The summed E-state index contributed by atoms with van der Waals surface area (Å²) < 4.78 is 1.93. The molecule has 18 heavy (non-hydrogen) atoms. The van der Waals surface area contributed by atoms with Crippen LogP contribution in [0.5, 0.6) is 0 Å². The number of imidazole rings is 1. The summed E-state index contributed by atoms with van der Waals surface area (Å²) in [5.74, 6) is 0. The van der Waals surface area contributed by atoms with Crippen molar-refractivity contribution in [1.82, 2.24) is 14.3 Å². The van der Waals surface area contributed by atoms with E-state index in [9.17, 15) is 5.11 Å². The average molecular weight is 268 g/mol. The number of aromatic nitrogens is 2. The molecule has 2 aromatic rings. The number of halogens is 1. The van der Waals surface area contributed by atoms with E-state index in [2.05, 4.69) is 9.88 Å². The second kappa shape index (κ2) is 5.69. The van der Waals surface area contributed by atoms with Gasteiger partial charge in [0.25, 0.3) is 0 Å². The van der Waals surface area contributed by atoms with Crippen LogP contribution >= 0.6 is 11.6 Å². The van der Waals surface area contributed by atoms with Gasteiger partial charge in [-0.05, 0) is 32.5 Å². The topological polar surface area (TPSA) is 40.8 Å². The van der Waals surface area contributed by atoms with Gasteiger partial charge in [-0.1, -0.05) is 11.6 Å². The second-order valence-electron chi connectivity index (χ2n) is 4.72. The zero-order valence-electron chi connectivity index (χ0n) is 10.7. The molecular formula is C13H18ClN3O. The van der Waals surface area contributed by atoms with Crippen LogP contribution in [0.3, 0.4) is 0 Å². The lowest BCUT2D eigenvalue weighted by Gasteiger charge is -2.15. The van der Waals surface area contributed by atoms with E-state index < -0.39 is 0 Å². The van der Waals surface area contributed by atoms with Crippen LogP contribution < -0.4 is 0 Å². The van der Waals surface area contributed by atoms with Gasteiger partial charge < -0.3 is 14.4 Å². The SMILES string of the molecule is CC(O)CCN(C)Cc1cn2cc(Cl)ccc2n1. The summed E-state index contributed by atoms with van der Waals surface area (Å²) in [7, 11) is 2.03. The molecular weight excluding hydrogens is 250 g/mol. The average Bonchev–Trinajstić information content (AvgIpc) is 2.67. The van der Waals surface area contributed by atoms with Crippen LogP contribution in [-0.2, 0) is 6.54 Å². The lowest BCUT2D eigenvalue weighted by Crippen LogP contribution is -2.22. The van der Waals surface area contributed by atoms with Crippen molar-refractivity contribution in [3.8, 4) is 0 Å². The molecule has 0 amide bonds. The summed E-state index contributed by atoms with van der Waals surface area (Å²) in [5, 5.41) is 9.95. The predicted octanol–water partition coefficient (Wildman–Crippen LogP) is 2.19. The predicted molar refractivity (Wildman–Crippen MR) is 72.8 cm³/mol. The molecule has 0 aromatic carbocycles. The number of aliphatic hydroxyl groups is 1. The van der Waals surface area contributed by atoms with Gasteiger partial charge in [-0.25, -0.2) is 4.98 Å². The highest BCUT2D eigenvalue weighted by molar-refractivity contribution is 6.30. The number of hydrogen-bond acceptors (Lipinski definition) is 3. The third-order valence-corrected chi connectivity index (χ3v) is 3.05. The van der Waals surface area contributed by atoms with Gasteiger partial charge in [-0.3, -0.25) is 0 Å². The highest BCUT2D eigenvalue weighted by Crippen LogP contribution is 2.12. The smallest absolute Gasteiger partial charge is 0.137 e. The Morgan fingerprint density at radius 3 is 2.94 bits per heavy atom. The molecule has 1 N–H and O–H groups in total. The first kappa shape index (κ1) is 13.3. The lowest BCUT2D eigenvalue weighted by molar-refractivity contribution is 0.162. The van der Waals surface area contributed by atoms with Crippen molar-refractivity contribution in [2.24, 2.45) is 0 Å². The minimum atomic E-state index is -0.257. The van der Waals surface area contributed by atoms with E-state index >= 15 is 0 Å². The maximum Gasteiger partial charge on any atom is 0.137 e. The maximum absolute atomic E-state index is 9.25. The van der Waals surface area contributed by atoms with Crippen LogP contribution in [0.4, 0.5) is 0 Å². The van der Waals surface area contributed by atoms with E-state index in [1.807, 2.05) is 36.0 Å². The van der Waals surface area contributed by atoms with Gasteiger partial charge in [-0.2, -0.15) is 0 Å². The van der Waals surface area contributed by atoms with Crippen LogP contribution in [0.25, 0.3) is 5.65 Å². The second-order valence-corrected chi connectivity index (χ2v) is 5.16. The van der Waals surface area contributed by atoms with Crippen LogP contribution in [0, 0.1) is 0 Å². The van der Waals surface area contributed by atoms with Crippen LogP contribution in [-0.4, -0.2) is 39.1 Å². The third-order valence-electron chi connectivity index (χ3n) is 2.83. The van der Waals surface area contributed by atoms with E-state index in [0.29, 0.717) is 5.02 Å². The van der Waals surface area contributed by atoms with Crippen molar-refractivity contribution in [3.05, 3.63) is 35.2 Å². The monoisotopic (exact) mass is 267 g/mol. The normalized spacial score (nSPS) is 13.4. The number of aliphatic hydroxyl groups excluding tert-OH is 1. The third kappa shape index (κ3) is 3.45. The van der Waals surface area contributed by atoms with Crippen LogP contribution in [0.1, 0.15) is 19.0 Å². The van der Waals surface area contributed by atoms with Gasteiger partial charge in [0, 0.05) is 25.5 Å². The molecule has 0 radical (unpaired) electrons. The molecule has 98 valence electrons. The standard InChI is InChI=1S/C13H18ClN3O/c1-10(18)5-6-16(2)8-12-9-17-7-11(14)3-4-13(17)15-12/h3-4,7,9-10,18H,5-6,8H2,1-2H3. The van der Waals surface area contributed by atoms with Crippen molar-refractivity contribution in [2.45, 2.75) is 26.0 Å². The summed E-state index contributed by atoms with van der Waals surface area (Å²) in [4.78, 5) is 6.67. The molecule has 5 heteroatoms. The Bertz CT molecular complexity index is 524. The first-order valence-corrected chi connectivity index (χ1v) is 6.42. The zero-order valence-corrected chi connectivity index (χ0v) is 11.4. The molecule has 0 aliphatic heterocycles. The number of hydrogen-bond donors (Lipinski definition) is 1. The molecule has 0 fully saturated rings. The van der Waals surface area contributed by atoms with E-state index in [-0.39, 0.29) is 6.10 Å². The molecule has 2 aromatic heterocycles. The number of fused-ring (bicyclic) bond motifs is 1. The molecule has 1 unspecified atom stereocenters. The molecule has 0 aliphatic rings. The highest BCUT2D eigenvalue weighted by Gasteiger charge is 2.06. The molecule has 0 saturated heterocycles. The summed E-state index contributed by atoms with van der Waals surface area (Å²) in [5.41, 5.74) is 1.91. The highest BCUT2D eigenvalue weighted by atomic mass is 35.5. The quantitative estimate of drug-likeness (QED) is 0.903. The minimum absolute atomic E-state index is 0.257. The molecule has 0 spiro atoms. The fraction of sp³-hybridized carbons (Fsp3) is 0.462. The fourth-order valence-corrected chi connectivity index (χ4v) is 2.02. The Morgan fingerprint density at radius 1 is 1.44 bits per heavy atom. The number of nitrogens with zero attached hydrogens (tertiary/aromatic N) is 3. The van der Waals surface area contributed by atoms with Crippen molar-refractivity contribution in [1.29, 1.82) is 0 Å². The summed E-state index contributed by atoms with van der Waals surface area (Å²) >= 11 is 5.93. The first-order chi connectivity index (χ1) is 8.54. The zero-order chi connectivity index (χ0) is 13.1. The Kier molecular flexibility index (Phi) is 4.22. The first-order valence-electron chi connectivity index (χ1n) is 6.04. The van der Waals surface area contributed by atoms with Gasteiger partial charge in [0.2, 0.25) is 0 Å². The van der Waals surface area contributed by atoms with Gasteiger partial charge in [-0.15, -0.1) is 0 Å². The Morgan fingerprint density at radius 2 is 2.22 bits per heavy atom. The Labute approximate surface area is 112 Å². The molecule has 0 saturated carbocycles. The van der Waals surface area contributed by atoms with Crippen molar-refractivity contribution in [3.63, 3.8) is 0 Å². The lowest BCUT2D eigenvalue weighted by atomic mass is 10.3. The summed E-state index contributed by atoms with van der Waals surface area (Å²) in [6, 6.07) is 3.74. The van der Waals surface area contributed by atoms with Crippen LogP contribution in [0.15, 0.2) is 24.5 Å². The molecule has 1 atom stereocenters. The van der Waals surface area contributed by atoms with Crippen molar-refractivity contribution < 1.29 is 5.11 Å². The van der Waals surface area contributed by atoms with E-state index in [1.54, 1.807) is 6.92 Å². The maximum atomic E-state index is 9.25. The summed E-state index contributed by atoms with van der Waals surface area (Å²) in [6.07, 6.45) is 4.35. The molecule has 2 heterocycles. The molecule has 2 rings (SSSR count). The van der Waals surface area contributed by atoms with Crippen LogP contribution in [0.2, 0.25) is 5.02 Å². The Hall–Kier alpha value is -1.10. The van der Waals surface area contributed by atoms with E-state index in [1.165, 1.54) is 0 Å². The van der Waals surface area contributed by atoms with Gasteiger partial charge in [0.15, 0.2) is 0 Å². The number of rotatable bonds is 5.